The molecule has 2 rings (SSSR count). The molecule has 1 unspecified atom stereocenters. The van der Waals surface area contributed by atoms with Crippen molar-refractivity contribution < 1.29 is 14.3 Å². The van der Waals surface area contributed by atoms with Crippen molar-refractivity contribution in [2.45, 2.75) is 39.0 Å². The fourth-order valence-corrected chi connectivity index (χ4v) is 2.15. The molecule has 1 aliphatic heterocycles. The molecular weight excluding hydrogens is 308 g/mol. The summed E-state index contributed by atoms with van der Waals surface area (Å²) in [6, 6.07) is 4.56. The van der Waals surface area contributed by atoms with E-state index in [9.17, 15) is 9.59 Å². The summed E-state index contributed by atoms with van der Waals surface area (Å²) in [6.45, 7) is 5.94. The van der Waals surface area contributed by atoms with Crippen LogP contribution in [0.4, 0.5) is 4.79 Å². The molecule has 7 heteroatoms. The highest BCUT2D eigenvalue weighted by atomic mass is 16.6. The van der Waals surface area contributed by atoms with Crippen LogP contribution in [0.3, 0.4) is 0 Å². The van der Waals surface area contributed by atoms with Gasteiger partial charge in [0.25, 0.3) is 0 Å². The quantitative estimate of drug-likeness (QED) is 0.853. The first-order valence-electron chi connectivity index (χ1n) is 7.59. The minimum atomic E-state index is -0.689. The van der Waals surface area contributed by atoms with Gasteiger partial charge in [-0.1, -0.05) is 18.2 Å². The molecule has 7 nitrogen and oxygen atoms in total. The Morgan fingerprint density at radius 3 is 2.79 bits per heavy atom. The van der Waals surface area contributed by atoms with Gasteiger partial charge in [0.05, 0.1) is 0 Å². The van der Waals surface area contributed by atoms with Crippen LogP contribution in [0.1, 0.15) is 32.0 Å². The fraction of sp³-hybridized carbons (Fsp3) is 0.412. The average Bonchev–Trinajstić information content (AvgIpc) is 3.01. The predicted molar refractivity (Wildman–Crippen MR) is 86.7 cm³/mol. The molecular formula is C17H20N4O3. The molecule has 1 aromatic rings. The molecule has 2 amide bonds. The van der Waals surface area contributed by atoms with Gasteiger partial charge in [0, 0.05) is 19.3 Å². The van der Waals surface area contributed by atoms with Gasteiger partial charge in [0.2, 0.25) is 5.91 Å². The normalized spacial score (nSPS) is 16.6. The molecule has 0 radical (unpaired) electrons. The molecule has 0 saturated carbocycles. The van der Waals surface area contributed by atoms with Gasteiger partial charge in [-0.3, -0.25) is 9.69 Å². The second-order valence-corrected chi connectivity index (χ2v) is 6.39. The molecule has 2 heterocycles. The first-order chi connectivity index (χ1) is 11.3. The molecule has 0 aliphatic carbocycles. The van der Waals surface area contributed by atoms with Crippen LogP contribution in [0.25, 0.3) is 0 Å². The van der Waals surface area contributed by atoms with Crippen LogP contribution in [0, 0.1) is 11.3 Å². The number of carbonyl (C=O) groups excluding carboxylic acids is 2. The first kappa shape index (κ1) is 17.5. The van der Waals surface area contributed by atoms with E-state index in [-0.39, 0.29) is 12.5 Å². The maximum absolute atomic E-state index is 12.3. The van der Waals surface area contributed by atoms with Gasteiger partial charge < -0.3 is 10.1 Å². The predicted octanol–water partition coefficient (Wildman–Crippen LogP) is 1.74. The molecule has 1 atom stereocenters. The topological polar surface area (TPSA) is 95.3 Å². The smallest absolute Gasteiger partial charge is 0.411 e. The Kier molecular flexibility index (Phi) is 5.19. The third-order valence-electron chi connectivity index (χ3n) is 3.26. The summed E-state index contributed by atoms with van der Waals surface area (Å²) in [5.41, 5.74) is 0.475. The Morgan fingerprint density at radius 2 is 2.21 bits per heavy atom. The van der Waals surface area contributed by atoms with E-state index in [1.165, 1.54) is 11.1 Å². The number of amides is 2. The fourth-order valence-electron chi connectivity index (χ4n) is 2.15. The van der Waals surface area contributed by atoms with Gasteiger partial charge in [-0.15, -0.1) is 0 Å². The highest BCUT2D eigenvalue weighted by molar-refractivity contribution is 5.88. The van der Waals surface area contributed by atoms with Crippen molar-refractivity contribution in [3.8, 4) is 6.07 Å². The van der Waals surface area contributed by atoms with Crippen molar-refractivity contribution in [1.29, 1.82) is 5.26 Å². The molecule has 126 valence electrons. The van der Waals surface area contributed by atoms with E-state index in [1.54, 1.807) is 45.1 Å². The van der Waals surface area contributed by atoms with Crippen molar-refractivity contribution in [3.05, 3.63) is 41.7 Å². The van der Waals surface area contributed by atoms with Gasteiger partial charge in [0.1, 0.15) is 23.4 Å². The minimum Gasteiger partial charge on any atom is -0.444 e. The zero-order valence-electron chi connectivity index (χ0n) is 13.9. The van der Waals surface area contributed by atoms with Gasteiger partial charge in [-0.25, -0.2) is 9.78 Å². The summed E-state index contributed by atoms with van der Waals surface area (Å²) < 4.78 is 5.32. The number of hydrogen-bond donors (Lipinski definition) is 1. The Hall–Kier alpha value is -2.88. The summed E-state index contributed by atoms with van der Waals surface area (Å²) in [5, 5.41) is 11.5. The number of carbonyl (C=O) groups is 2. The lowest BCUT2D eigenvalue weighted by molar-refractivity contribution is -0.124. The maximum atomic E-state index is 12.3. The number of nitrogens with one attached hydrogen (secondary N) is 1. The van der Waals surface area contributed by atoms with Crippen LogP contribution in [-0.4, -0.2) is 40.1 Å². The van der Waals surface area contributed by atoms with Crippen LogP contribution in [0.5, 0.6) is 0 Å². The largest absolute Gasteiger partial charge is 0.444 e. The minimum absolute atomic E-state index is 0.268. The molecule has 0 aromatic carbocycles. The highest BCUT2D eigenvalue weighted by Crippen LogP contribution is 2.16. The number of hydrogen-bond acceptors (Lipinski definition) is 5. The Balaban J connectivity index is 1.94. The van der Waals surface area contributed by atoms with Crippen LogP contribution in [0.15, 0.2) is 30.5 Å². The molecule has 1 aliphatic rings. The van der Waals surface area contributed by atoms with E-state index in [4.69, 9.17) is 10.00 Å². The number of ether oxygens (including phenoxy) is 1. The van der Waals surface area contributed by atoms with E-state index in [1.807, 2.05) is 6.07 Å². The molecule has 0 saturated heterocycles. The van der Waals surface area contributed by atoms with Crippen molar-refractivity contribution >= 4 is 12.0 Å². The SMILES string of the molecule is CC(C)(C)OC(=O)N1CC=CC1C(=O)NCc1ccc(C#N)nc1. The Bertz CT molecular complexity index is 683. The lowest BCUT2D eigenvalue weighted by Gasteiger charge is -2.28. The summed E-state index contributed by atoms with van der Waals surface area (Å²) in [5.74, 6) is -0.293. The van der Waals surface area contributed by atoms with Gasteiger partial charge >= 0.3 is 6.09 Å². The molecule has 0 fully saturated rings. The summed E-state index contributed by atoms with van der Waals surface area (Å²) in [6.07, 6.45) is 4.45. The third-order valence-corrected chi connectivity index (χ3v) is 3.26. The second-order valence-electron chi connectivity index (χ2n) is 6.39. The Morgan fingerprint density at radius 1 is 1.46 bits per heavy atom. The average molecular weight is 328 g/mol. The molecule has 0 spiro atoms. The van der Waals surface area contributed by atoms with E-state index >= 15 is 0 Å². The van der Waals surface area contributed by atoms with Crippen LogP contribution in [-0.2, 0) is 16.1 Å². The highest BCUT2D eigenvalue weighted by Gasteiger charge is 2.33. The molecule has 1 aromatic heterocycles. The number of aromatic nitrogens is 1. The standard InChI is InChI=1S/C17H20N4O3/c1-17(2,3)24-16(23)21-8-4-5-14(21)15(22)20-11-12-6-7-13(9-18)19-10-12/h4-7,10,14H,8,11H2,1-3H3,(H,20,22). The monoisotopic (exact) mass is 328 g/mol. The van der Waals surface area contributed by atoms with Crippen LogP contribution in [0.2, 0.25) is 0 Å². The van der Waals surface area contributed by atoms with Gasteiger partial charge in [-0.05, 0) is 32.4 Å². The van der Waals surface area contributed by atoms with E-state index in [2.05, 4.69) is 10.3 Å². The lowest BCUT2D eigenvalue weighted by atomic mass is 10.2. The molecule has 1 N–H and O–H groups in total. The second kappa shape index (κ2) is 7.13. The number of pyridine rings is 1. The van der Waals surface area contributed by atoms with Crippen molar-refractivity contribution in [1.82, 2.24) is 15.2 Å². The van der Waals surface area contributed by atoms with E-state index in [0.29, 0.717) is 12.2 Å². The number of rotatable bonds is 3. The zero-order chi connectivity index (χ0) is 17.7. The molecule has 0 bridgehead atoms. The number of nitrogens with zero attached hydrogens (tertiary/aromatic N) is 3. The van der Waals surface area contributed by atoms with Gasteiger partial charge in [-0.2, -0.15) is 5.26 Å². The lowest BCUT2D eigenvalue weighted by Crippen LogP contribution is -2.47. The van der Waals surface area contributed by atoms with Crippen LogP contribution >= 0.6 is 0 Å². The van der Waals surface area contributed by atoms with Crippen molar-refractivity contribution in [2.24, 2.45) is 0 Å². The summed E-state index contributed by atoms with van der Waals surface area (Å²) in [4.78, 5) is 29.8. The van der Waals surface area contributed by atoms with Gasteiger partial charge in [0.15, 0.2) is 0 Å². The van der Waals surface area contributed by atoms with E-state index in [0.717, 1.165) is 5.56 Å². The maximum Gasteiger partial charge on any atom is 0.411 e. The van der Waals surface area contributed by atoms with Crippen molar-refractivity contribution in [3.63, 3.8) is 0 Å². The Labute approximate surface area is 140 Å². The number of nitriles is 1. The first-order valence-corrected chi connectivity index (χ1v) is 7.59. The zero-order valence-corrected chi connectivity index (χ0v) is 13.9. The summed E-state index contributed by atoms with van der Waals surface area (Å²) in [7, 11) is 0. The van der Waals surface area contributed by atoms with E-state index < -0.39 is 17.7 Å². The molecule has 24 heavy (non-hydrogen) atoms. The third kappa shape index (κ3) is 4.56. The van der Waals surface area contributed by atoms with Crippen LogP contribution < -0.4 is 5.32 Å². The van der Waals surface area contributed by atoms with Crippen molar-refractivity contribution in [2.75, 3.05) is 6.54 Å². The summed E-state index contributed by atoms with van der Waals surface area (Å²) >= 11 is 0.